The number of carbonyl (C=O) groups excluding carboxylic acids is 2. The van der Waals surface area contributed by atoms with E-state index in [9.17, 15) is 14.0 Å². The first-order chi connectivity index (χ1) is 14.9. The summed E-state index contributed by atoms with van der Waals surface area (Å²) in [7, 11) is 1.24. The fourth-order valence-corrected chi connectivity index (χ4v) is 4.53. The number of hydrazine groups is 1. The van der Waals surface area contributed by atoms with Gasteiger partial charge in [0.25, 0.3) is 5.91 Å². The molecule has 1 saturated heterocycles. The van der Waals surface area contributed by atoms with Crippen LogP contribution in [0.15, 0.2) is 41.8 Å². The molecule has 2 aromatic carbocycles. The van der Waals surface area contributed by atoms with Gasteiger partial charge in [-0.25, -0.2) is 14.2 Å². The fraction of sp³-hybridized carbons (Fsp3) is 0.227. The molecule has 4 rings (SSSR count). The van der Waals surface area contributed by atoms with E-state index in [1.54, 1.807) is 17.1 Å². The summed E-state index contributed by atoms with van der Waals surface area (Å²) in [5.41, 5.74) is 3.59. The molecule has 0 aliphatic carbocycles. The highest BCUT2D eigenvalue weighted by atomic mass is 35.5. The van der Waals surface area contributed by atoms with Crippen molar-refractivity contribution in [3.63, 3.8) is 0 Å². The van der Waals surface area contributed by atoms with Crippen LogP contribution in [0.1, 0.15) is 23.2 Å². The molecular formula is C22H19ClFN3O3S. The van der Waals surface area contributed by atoms with Gasteiger partial charge in [-0.15, -0.1) is 11.3 Å². The Morgan fingerprint density at radius 1 is 1.32 bits per heavy atom. The predicted molar refractivity (Wildman–Crippen MR) is 118 cm³/mol. The molecule has 6 nitrogen and oxygen atoms in total. The monoisotopic (exact) mass is 459 g/mol. The van der Waals surface area contributed by atoms with Gasteiger partial charge in [0.1, 0.15) is 10.8 Å². The summed E-state index contributed by atoms with van der Waals surface area (Å²) in [6.07, 6.45) is -0.202. The van der Waals surface area contributed by atoms with Crippen LogP contribution in [0.4, 0.5) is 14.9 Å². The highest BCUT2D eigenvalue weighted by Crippen LogP contribution is 2.33. The van der Waals surface area contributed by atoms with Crippen LogP contribution in [0, 0.1) is 12.7 Å². The van der Waals surface area contributed by atoms with Gasteiger partial charge < -0.3 is 4.74 Å². The number of carbonyl (C=O) groups is 2. The Morgan fingerprint density at radius 3 is 2.87 bits per heavy atom. The number of nitrogens with zero attached hydrogens (tertiary/aromatic N) is 3. The number of imide groups is 1. The molecule has 0 unspecified atom stereocenters. The second kappa shape index (κ2) is 8.64. The summed E-state index contributed by atoms with van der Waals surface area (Å²) in [5.74, 6) is -0.670. The van der Waals surface area contributed by atoms with E-state index in [2.05, 4.69) is 4.98 Å². The molecule has 1 fully saturated rings. The Kier molecular flexibility index (Phi) is 5.93. The van der Waals surface area contributed by atoms with Crippen LogP contribution in [0.2, 0.25) is 5.02 Å². The second-order valence-corrected chi connectivity index (χ2v) is 8.34. The van der Waals surface area contributed by atoms with Crippen LogP contribution in [-0.4, -0.2) is 35.6 Å². The van der Waals surface area contributed by atoms with E-state index in [1.807, 2.05) is 30.5 Å². The average molecular weight is 460 g/mol. The number of hydrogen-bond acceptors (Lipinski definition) is 6. The number of thiazole rings is 1. The highest BCUT2D eigenvalue weighted by Gasteiger charge is 2.36. The predicted octanol–water partition coefficient (Wildman–Crippen LogP) is 5.22. The standard InChI is InChI=1S/C22H19ClFN3O3S/c1-13-6-7-14(10-19(13)26-9-8-20(28)27(26)22(29)30-2)21-25-15(12-31-21)11-16-17(23)4-3-5-18(16)24/h3-7,10,12H,8-9,11H2,1-2H3. The first-order valence-corrected chi connectivity index (χ1v) is 10.8. The third-order valence-electron chi connectivity index (χ3n) is 5.07. The quantitative estimate of drug-likeness (QED) is 0.535. The van der Waals surface area contributed by atoms with E-state index >= 15 is 0 Å². The first kappa shape index (κ1) is 21.3. The van der Waals surface area contributed by atoms with Gasteiger partial charge in [0, 0.05) is 40.9 Å². The van der Waals surface area contributed by atoms with E-state index in [4.69, 9.17) is 16.3 Å². The average Bonchev–Trinajstić information content (AvgIpc) is 3.37. The minimum absolute atomic E-state index is 0.226. The summed E-state index contributed by atoms with van der Waals surface area (Å²) < 4.78 is 18.9. The molecule has 1 aliphatic rings. The summed E-state index contributed by atoms with van der Waals surface area (Å²) >= 11 is 7.57. The number of aromatic nitrogens is 1. The zero-order chi connectivity index (χ0) is 22.1. The number of hydrogen-bond donors (Lipinski definition) is 0. The van der Waals surface area contributed by atoms with E-state index in [-0.39, 0.29) is 24.6 Å². The van der Waals surface area contributed by atoms with E-state index in [0.717, 1.165) is 26.8 Å². The van der Waals surface area contributed by atoms with Gasteiger partial charge in [-0.1, -0.05) is 29.8 Å². The van der Waals surface area contributed by atoms with Crippen molar-refractivity contribution in [1.82, 2.24) is 9.99 Å². The molecule has 9 heteroatoms. The zero-order valence-corrected chi connectivity index (χ0v) is 18.5. The van der Waals surface area contributed by atoms with Crippen molar-refractivity contribution in [2.75, 3.05) is 18.7 Å². The van der Waals surface area contributed by atoms with Crippen molar-refractivity contribution in [2.45, 2.75) is 19.8 Å². The normalized spacial score (nSPS) is 13.7. The van der Waals surface area contributed by atoms with Gasteiger partial charge in [-0.05, 0) is 30.7 Å². The molecule has 2 amide bonds. The Hall–Kier alpha value is -2.97. The maximum Gasteiger partial charge on any atom is 0.435 e. The number of halogens is 2. The van der Waals surface area contributed by atoms with Crippen molar-refractivity contribution in [3.8, 4) is 10.6 Å². The molecule has 0 atom stereocenters. The summed E-state index contributed by atoms with van der Waals surface area (Å²) in [6, 6.07) is 10.3. The van der Waals surface area contributed by atoms with Crippen LogP contribution in [-0.2, 0) is 16.0 Å². The SMILES string of the molecule is COC(=O)N1C(=O)CCN1c1cc(-c2nc(Cc3c(F)cccc3Cl)cs2)ccc1C. The molecule has 0 bridgehead atoms. The highest BCUT2D eigenvalue weighted by molar-refractivity contribution is 7.13. The lowest BCUT2D eigenvalue weighted by Crippen LogP contribution is -2.44. The molecule has 0 radical (unpaired) electrons. The smallest absolute Gasteiger partial charge is 0.435 e. The van der Waals surface area contributed by atoms with Crippen LogP contribution in [0.25, 0.3) is 10.6 Å². The van der Waals surface area contributed by atoms with Crippen molar-refractivity contribution >= 4 is 40.6 Å². The summed E-state index contributed by atoms with van der Waals surface area (Å²) in [4.78, 5) is 28.9. The van der Waals surface area contributed by atoms with Crippen molar-refractivity contribution in [2.24, 2.45) is 0 Å². The van der Waals surface area contributed by atoms with E-state index in [1.165, 1.54) is 24.5 Å². The lowest BCUT2D eigenvalue weighted by molar-refractivity contribution is -0.126. The van der Waals surface area contributed by atoms with Gasteiger partial charge in [-0.3, -0.25) is 9.80 Å². The Labute approximate surface area is 187 Å². The van der Waals surface area contributed by atoms with Crippen molar-refractivity contribution in [3.05, 3.63) is 69.4 Å². The molecule has 0 saturated carbocycles. The van der Waals surface area contributed by atoms with Crippen molar-refractivity contribution in [1.29, 1.82) is 0 Å². The van der Waals surface area contributed by atoms with Crippen molar-refractivity contribution < 1.29 is 18.7 Å². The zero-order valence-electron chi connectivity index (χ0n) is 16.9. The first-order valence-electron chi connectivity index (χ1n) is 9.55. The lowest BCUT2D eigenvalue weighted by atomic mass is 10.1. The summed E-state index contributed by atoms with van der Waals surface area (Å²) in [5, 5.41) is 5.64. The van der Waals surface area contributed by atoms with Crippen LogP contribution in [0.5, 0.6) is 0 Å². The Balaban J connectivity index is 1.64. The van der Waals surface area contributed by atoms with E-state index in [0.29, 0.717) is 22.8 Å². The molecule has 160 valence electrons. The molecule has 1 aromatic heterocycles. The molecule has 0 N–H and O–H groups in total. The number of ether oxygens (including phenoxy) is 1. The lowest BCUT2D eigenvalue weighted by Gasteiger charge is -2.28. The number of methoxy groups -OCH3 is 1. The molecule has 1 aliphatic heterocycles. The van der Waals surface area contributed by atoms with Gasteiger partial charge in [-0.2, -0.15) is 5.01 Å². The number of anilines is 1. The maximum atomic E-state index is 14.1. The Bertz CT molecular complexity index is 1150. The fourth-order valence-electron chi connectivity index (χ4n) is 3.48. The number of amides is 2. The van der Waals surface area contributed by atoms with Gasteiger partial charge in [0.2, 0.25) is 0 Å². The molecular weight excluding hydrogens is 441 g/mol. The van der Waals surface area contributed by atoms with E-state index < -0.39 is 6.09 Å². The van der Waals surface area contributed by atoms with Gasteiger partial charge in [0.15, 0.2) is 0 Å². The third kappa shape index (κ3) is 4.13. The molecule has 2 heterocycles. The largest absolute Gasteiger partial charge is 0.451 e. The van der Waals surface area contributed by atoms with Crippen LogP contribution in [0.3, 0.4) is 0 Å². The molecule has 0 spiro atoms. The summed E-state index contributed by atoms with van der Waals surface area (Å²) in [6.45, 7) is 2.29. The molecule has 31 heavy (non-hydrogen) atoms. The minimum Gasteiger partial charge on any atom is -0.451 e. The number of rotatable bonds is 4. The maximum absolute atomic E-state index is 14.1. The topological polar surface area (TPSA) is 62.7 Å². The number of benzene rings is 2. The minimum atomic E-state index is -0.717. The Morgan fingerprint density at radius 2 is 2.13 bits per heavy atom. The van der Waals surface area contributed by atoms with Crippen LogP contribution >= 0.6 is 22.9 Å². The van der Waals surface area contributed by atoms with Crippen LogP contribution < -0.4 is 5.01 Å². The third-order valence-corrected chi connectivity index (χ3v) is 6.36. The number of aryl methyl sites for hydroxylation is 1. The second-order valence-electron chi connectivity index (χ2n) is 7.07. The van der Waals surface area contributed by atoms with Gasteiger partial charge >= 0.3 is 6.09 Å². The molecule has 3 aromatic rings. The van der Waals surface area contributed by atoms with Gasteiger partial charge in [0.05, 0.1) is 18.5 Å².